The van der Waals surface area contributed by atoms with Crippen LogP contribution in [0.15, 0.2) is 42.5 Å². The first-order chi connectivity index (χ1) is 13.2. The summed E-state index contributed by atoms with van der Waals surface area (Å²) in [4.78, 5) is 2.33. The zero-order valence-electron chi connectivity index (χ0n) is 15.3. The molecule has 0 spiro atoms. The van der Waals surface area contributed by atoms with Crippen molar-refractivity contribution in [1.82, 2.24) is 15.1 Å². The fraction of sp³-hybridized carbons (Fsp3) is 0.273. The second-order valence-corrected chi connectivity index (χ2v) is 7.06. The minimum absolute atomic E-state index is 0.111. The molecule has 5 heteroatoms. The highest BCUT2D eigenvalue weighted by atomic mass is 16.3. The maximum Gasteiger partial charge on any atom is 0.156 e. The second kappa shape index (κ2) is 7.26. The number of terminal acetylenes is 1. The number of aromatic hydroxyl groups is 1. The molecule has 4 rings (SSSR count). The smallest absolute Gasteiger partial charge is 0.156 e. The van der Waals surface area contributed by atoms with Crippen LogP contribution in [0, 0.1) is 12.3 Å². The van der Waals surface area contributed by atoms with Gasteiger partial charge < -0.3 is 15.3 Å². The molecule has 1 aliphatic heterocycles. The number of nitrogens with one attached hydrogen (secondary N) is 1. The van der Waals surface area contributed by atoms with Crippen LogP contribution in [-0.4, -0.2) is 46.4 Å². The molecule has 136 valence electrons. The van der Waals surface area contributed by atoms with Crippen LogP contribution in [0.2, 0.25) is 0 Å². The highest BCUT2D eigenvalue weighted by Crippen LogP contribution is 2.35. The first-order valence-electron chi connectivity index (χ1n) is 9.16. The molecule has 27 heavy (non-hydrogen) atoms. The number of phenols is 1. The number of anilines is 1. The van der Waals surface area contributed by atoms with Crippen molar-refractivity contribution in [2.45, 2.75) is 18.9 Å². The summed E-state index contributed by atoms with van der Waals surface area (Å²) in [6, 6.07) is 13.5. The summed E-state index contributed by atoms with van der Waals surface area (Å²) >= 11 is 0. The lowest BCUT2D eigenvalue weighted by Crippen LogP contribution is -2.40. The number of piperidine rings is 1. The Morgan fingerprint density at radius 3 is 2.74 bits per heavy atom. The number of rotatable bonds is 3. The van der Waals surface area contributed by atoms with Crippen molar-refractivity contribution < 1.29 is 5.11 Å². The minimum Gasteiger partial charge on any atom is -0.507 e. The van der Waals surface area contributed by atoms with Gasteiger partial charge in [0.1, 0.15) is 11.4 Å². The van der Waals surface area contributed by atoms with Gasteiger partial charge in [-0.3, -0.25) is 0 Å². The molecule has 0 aliphatic carbocycles. The molecule has 1 atom stereocenters. The first-order valence-corrected chi connectivity index (χ1v) is 9.16. The molecule has 3 aromatic rings. The highest BCUT2D eigenvalue weighted by Gasteiger charge is 2.20. The van der Waals surface area contributed by atoms with Crippen LogP contribution < -0.4 is 5.32 Å². The van der Waals surface area contributed by atoms with E-state index >= 15 is 0 Å². The lowest BCUT2D eigenvalue weighted by molar-refractivity contribution is 0.261. The average molecular weight is 358 g/mol. The molecule has 1 aliphatic rings. The fourth-order valence-corrected chi connectivity index (χ4v) is 3.71. The number of fused-ring (bicyclic) bond motifs is 1. The van der Waals surface area contributed by atoms with Gasteiger partial charge in [0.05, 0.1) is 0 Å². The number of nitrogens with zero attached hydrogens (tertiary/aromatic N) is 3. The zero-order valence-corrected chi connectivity index (χ0v) is 15.3. The second-order valence-electron chi connectivity index (χ2n) is 7.06. The zero-order chi connectivity index (χ0) is 18.8. The third-order valence-corrected chi connectivity index (χ3v) is 5.07. The molecule has 2 heterocycles. The van der Waals surface area contributed by atoms with Gasteiger partial charge in [-0.15, -0.1) is 16.6 Å². The third kappa shape index (κ3) is 3.44. The Balaban J connectivity index is 1.76. The Morgan fingerprint density at radius 1 is 1.19 bits per heavy atom. The monoisotopic (exact) mass is 358 g/mol. The van der Waals surface area contributed by atoms with Crippen molar-refractivity contribution >= 4 is 16.6 Å². The average Bonchev–Trinajstić information content (AvgIpc) is 2.68. The lowest BCUT2D eigenvalue weighted by Gasteiger charge is -2.30. The molecule has 0 saturated carbocycles. The van der Waals surface area contributed by atoms with Gasteiger partial charge in [0.2, 0.25) is 0 Å². The summed E-state index contributed by atoms with van der Waals surface area (Å²) in [5.74, 6) is 3.43. The summed E-state index contributed by atoms with van der Waals surface area (Å²) in [6.45, 7) is 2.13. The van der Waals surface area contributed by atoms with E-state index in [1.54, 1.807) is 18.2 Å². The maximum atomic E-state index is 10.4. The largest absolute Gasteiger partial charge is 0.507 e. The maximum absolute atomic E-state index is 10.4. The number of likely N-dealkylation sites (N-methyl/N-ethyl adjacent to an activating group) is 1. The number of aromatic nitrogens is 2. The number of phenolic OH excluding ortho intramolecular Hbond substituents is 1. The molecular weight excluding hydrogens is 336 g/mol. The number of hydrogen-bond donors (Lipinski definition) is 2. The molecule has 0 amide bonds. The summed E-state index contributed by atoms with van der Waals surface area (Å²) in [6.07, 6.45) is 7.71. The van der Waals surface area contributed by atoms with Gasteiger partial charge >= 0.3 is 0 Å². The Labute approximate surface area is 159 Å². The third-order valence-electron chi connectivity index (χ3n) is 5.07. The van der Waals surface area contributed by atoms with E-state index in [0.29, 0.717) is 22.9 Å². The van der Waals surface area contributed by atoms with Crippen LogP contribution in [0.3, 0.4) is 0 Å². The van der Waals surface area contributed by atoms with Crippen LogP contribution in [0.25, 0.3) is 22.0 Å². The van der Waals surface area contributed by atoms with Crippen molar-refractivity contribution in [3.8, 4) is 29.4 Å². The topological polar surface area (TPSA) is 61.3 Å². The molecule has 0 unspecified atom stereocenters. The highest BCUT2D eigenvalue weighted by molar-refractivity contribution is 6.00. The van der Waals surface area contributed by atoms with Crippen LogP contribution >= 0.6 is 0 Å². The van der Waals surface area contributed by atoms with Gasteiger partial charge in [0.15, 0.2) is 5.82 Å². The fourth-order valence-electron chi connectivity index (χ4n) is 3.71. The van der Waals surface area contributed by atoms with Gasteiger partial charge in [0, 0.05) is 34.5 Å². The number of hydrogen-bond acceptors (Lipinski definition) is 5. The molecule has 2 aromatic carbocycles. The van der Waals surface area contributed by atoms with E-state index in [-0.39, 0.29) is 5.75 Å². The van der Waals surface area contributed by atoms with Crippen molar-refractivity contribution in [2.75, 3.05) is 25.5 Å². The van der Waals surface area contributed by atoms with Crippen molar-refractivity contribution in [2.24, 2.45) is 0 Å². The Bertz CT molecular complexity index is 1020. The Kier molecular flexibility index (Phi) is 4.66. The van der Waals surface area contributed by atoms with Crippen LogP contribution in [-0.2, 0) is 0 Å². The van der Waals surface area contributed by atoms with E-state index in [2.05, 4.69) is 33.4 Å². The number of benzene rings is 2. The van der Waals surface area contributed by atoms with Gasteiger partial charge in [-0.05, 0) is 44.6 Å². The first kappa shape index (κ1) is 17.3. The molecule has 1 saturated heterocycles. The van der Waals surface area contributed by atoms with Crippen LogP contribution in [0.1, 0.15) is 18.4 Å². The summed E-state index contributed by atoms with van der Waals surface area (Å²) in [5.41, 5.74) is 1.91. The quantitative estimate of drug-likeness (QED) is 0.702. The van der Waals surface area contributed by atoms with Gasteiger partial charge in [0.25, 0.3) is 0 Å². The van der Waals surface area contributed by atoms with Crippen LogP contribution in [0.4, 0.5) is 5.82 Å². The van der Waals surface area contributed by atoms with E-state index in [9.17, 15) is 5.11 Å². The molecule has 1 fully saturated rings. The van der Waals surface area contributed by atoms with E-state index in [4.69, 9.17) is 6.42 Å². The minimum atomic E-state index is 0.111. The molecule has 5 nitrogen and oxygen atoms in total. The van der Waals surface area contributed by atoms with E-state index < -0.39 is 0 Å². The van der Waals surface area contributed by atoms with E-state index in [0.717, 1.165) is 36.1 Å². The Morgan fingerprint density at radius 2 is 2.00 bits per heavy atom. The Hall–Kier alpha value is -3.10. The summed E-state index contributed by atoms with van der Waals surface area (Å²) in [7, 11) is 2.14. The lowest BCUT2D eigenvalue weighted by atomic mass is 10.0. The predicted octanol–water partition coefficient (Wildman–Crippen LogP) is 3.49. The SMILES string of the molecule is C#Cc1ccc(-c2nnc(N[C@@H]3CCCN(C)C3)c3ccccc23)c(O)c1. The van der Waals surface area contributed by atoms with Crippen molar-refractivity contribution in [3.63, 3.8) is 0 Å². The van der Waals surface area contributed by atoms with Gasteiger partial charge in [-0.25, -0.2) is 0 Å². The van der Waals surface area contributed by atoms with Crippen molar-refractivity contribution in [1.29, 1.82) is 0 Å². The summed E-state index contributed by atoms with van der Waals surface area (Å²) in [5, 5.41) is 24.8. The molecule has 0 bridgehead atoms. The van der Waals surface area contributed by atoms with E-state index in [1.807, 2.05) is 24.3 Å². The summed E-state index contributed by atoms with van der Waals surface area (Å²) < 4.78 is 0. The predicted molar refractivity (Wildman–Crippen MR) is 109 cm³/mol. The van der Waals surface area contributed by atoms with Gasteiger partial charge in [-0.1, -0.05) is 30.2 Å². The molecule has 1 aromatic heterocycles. The number of likely N-dealkylation sites (tertiary alicyclic amines) is 1. The normalized spacial score (nSPS) is 17.6. The molecular formula is C22H22N4O. The standard InChI is InChI=1S/C22H22N4O/c1-3-15-10-11-19(20(27)13-15)21-17-8-4-5-9-18(17)22(25-24-21)23-16-7-6-12-26(2)14-16/h1,4-5,8-11,13,16,27H,6-7,12,14H2,2H3,(H,23,25)/t16-/m1/s1. The van der Waals surface area contributed by atoms with E-state index in [1.165, 1.54) is 6.42 Å². The van der Waals surface area contributed by atoms with Crippen LogP contribution in [0.5, 0.6) is 5.75 Å². The molecule has 2 N–H and O–H groups in total. The molecule has 0 radical (unpaired) electrons. The van der Waals surface area contributed by atoms with Crippen molar-refractivity contribution in [3.05, 3.63) is 48.0 Å². The van der Waals surface area contributed by atoms with Gasteiger partial charge in [-0.2, -0.15) is 0 Å².